The van der Waals surface area contributed by atoms with Gasteiger partial charge in [-0.25, -0.2) is 0 Å². The molecule has 1 saturated heterocycles. The average molecular weight is 481 g/mol. The van der Waals surface area contributed by atoms with Crippen molar-refractivity contribution in [2.24, 2.45) is 5.92 Å². The summed E-state index contributed by atoms with van der Waals surface area (Å²) in [4.78, 5) is 3.23. The molecule has 1 aromatic rings. The maximum atomic E-state index is 2.51. The summed E-state index contributed by atoms with van der Waals surface area (Å²) in [5.41, 5.74) is 4.69. The van der Waals surface area contributed by atoms with Crippen LogP contribution in [0.15, 0.2) is 86.0 Å². The van der Waals surface area contributed by atoms with Crippen molar-refractivity contribution in [3.05, 3.63) is 91.5 Å². The number of halogens is 2. The predicted molar refractivity (Wildman–Crippen MR) is 98.0 cm³/mol. The van der Waals surface area contributed by atoms with Gasteiger partial charge in [-0.3, -0.25) is 0 Å². The molecule has 2 aliphatic heterocycles. The van der Waals surface area contributed by atoms with Gasteiger partial charge in [0.2, 0.25) is 0 Å². The summed E-state index contributed by atoms with van der Waals surface area (Å²) in [5.74, 6) is 0.710. The molecule has 2 unspecified atom stereocenters. The molecule has 2 heterocycles. The van der Waals surface area contributed by atoms with E-state index in [-0.39, 0.29) is 51.0 Å². The van der Waals surface area contributed by atoms with Crippen molar-refractivity contribution in [3.8, 4) is 0 Å². The van der Waals surface area contributed by atoms with Gasteiger partial charge in [0.1, 0.15) is 8.80 Å². The van der Waals surface area contributed by atoms with E-state index >= 15 is 0 Å². The Balaban J connectivity index is 0.000000751. The first-order valence-electron chi connectivity index (χ1n) is 8.07. The molecule has 0 saturated carbocycles. The van der Waals surface area contributed by atoms with Gasteiger partial charge in [0.25, 0.3) is 0 Å². The van der Waals surface area contributed by atoms with Crippen molar-refractivity contribution in [2.75, 3.05) is 0 Å². The maximum absolute atomic E-state index is 2.51. The Labute approximate surface area is 187 Å². The van der Waals surface area contributed by atoms with Gasteiger partial charge in [0.15, 0.2) is 0 Å². The van der Waals surface area contributed by atoms with Gasteiger partial charge in [-0.1, -0.05) is 76.3 Å². The zero-order valence-electron chi connectivity index (χ0n) is 13.9. The number of thioether (sulfide) groups is 1. The third-order valence-corrected chi connectivity index (χ3v) is 10.5. The van der Waals surface area contributed by atoms with Crippen LogP contribution in [0.2, 0.25) is 0 Å². The minimum absolute atomic E-state index is 0. The minimum Gasteiger partial charge on any atom is -1.00 e. The second-order valence-corrected chi connectivity index (χ2v) is 10.6. The van der Waals surface area contributed by atoms with Crippen LogP contribution in [0.3, 0.4) is 0 Å². The predicted octanol–water partition coefficient (Wildman–Crippen LogP) is -1.19. The standard InChI is InChI=1S/C20H18SSi.2ClH.Zr/c1-13-19-18-17(21-13)11-16(15-9-5-6-10-15)20(18)22(19)12-14-7-3-2-4-8-14;;;/h2-9,11,18,22H,10,12H2,1H3;2*1H;/q;;;+2/p-2. The summed E-state index contributed by atoms with van der Waals surface area (Å²) >= 11 is 2.05. The fourth-order valence-electron chi connectivity index (χ4n) is 4.37. The second-order valence-electron chi connectivity index (χ2n) is 6.53. The summed E-state index contributed by atoms with van der Waals surface area (Å²) in [5, 5.41) is 3.69. The number of benzene rings is 1. The molecule has 0 amide bonds. The number of hydrogen-bond donors (Lipinski definition) is 0. The first-order valence-corrected chi connectivity index (χ1v) is 10.9. The summed E-state index contributed by atoms with van der Waals surface area (Å²) in [6, 6.07) is 12.4. The van der Waals surface area contributed by atoms with E-state index in [1.807, 2.05) is 22.2 Å². The van der Waals surface area contributed by atoms with Crippen LogP contribution in [0.5, 0.6) is 0 Å². The minimum atomic E-state index is -0.965. The van der Waals surface area contributed by atoms with E-state index in [4.69, 9.17) is 0 Å². The second kappa shape index (κ2) is 8.31. The molecular formula is C20H18Cl2SSiZr. The van der Waals surface area contributed by atoms with E-state index in [2.05, 4.69) is 61.6 Å². The Morgan fingerprint density at radius 1 is 1.12 bits per heavy atom. The summed E-state index contributed by atoms with van der Waals surface area (Å²) in [7, 11) is -0.965. The zero-order valence-corrected chi connectivity index (χ0v) is 19.9. The van der Waals surface area contributed by atoms with Crippen LogP contribution >= 0.6 is 11.8 Å². The molecule has 25 heavy (non-hydrogen) atoms. The first-order chi connectivity index (χ1) is 10.8. The Bertz CT molecular complexity index is 837. The summed E-state index contributed by atoms with van der Waals surface area (Å²) < 4.78 is 0. The Morgan fingerprint density at radius 2 is 1.88 bits per heavy atom. The molecular weight excluding hydrogens is 463 g/mol. The molecule has 0 radical (unpaired) electrons. The molecule has 0 spiro atoms. The molecule has 4 aliphatic rings. The van der Waals surface area contributed by atoms with Crippen LogP contribution in [0.1, 0.15) is 18.9 Å². The van der Waals surface area contributed by atoms with Crippen LogP contribution in [-0.4, -0.2) is 8.80 Å². The SMILES string of the molecule is CC1=C2C3C(=CC(C4=CC=CC4)=C3[SiH]2Cc2ccccc2)S1.[Cl-].[Cl-].[Zr+2]. The van der Waals surface area contributed by atoms with E-state index in [1.54, 1.807) is 21.0 Å². The van der Waals surface area contributed by atoms with E-state index < -0.39 is 8.80 Å². The molecule has 2 atom stereocenters. The van der Waals surface area contributed by atoms with Crippen molar-refractivity contribution < 1.29 is 51.0 Å². The largest absolute Gasteiger partial charge is 2.00 e. The van der Waals surface area contributed by atoms with Gasteiger partial charge in [-0.2, -0.15) is 0 Å². The normalized spacial score (nSPS) is 24.7. The number of rotatable bonds is 3. The molecule has 1 fully saturated rings. The van der Waals surface area contributed by atoms with Crippen molar-refractivity contribution >= 4 is 20.6 Å². The smallest absolute Gasteiger partial charge is 1.00 e. The van der Waals surface area contributed by atoms with Gasteiger partial charge in [-0.05, 0) is 41.5 Å². The van der Waals surface area contributed by atoms with Crippen LogP contribution in [0, 0.1) is 5.92 Å². The molecule has 0 nitrogen and oxygen atoms in total. The van der Waals surface area contributed by atoms with Gasteiger partial charge in [-0.15, -0.1) is 0 Å². The molecule has 5 rings (SSSR count). The van der Waals surface area contributed by atoms with Crippen LogP contribution in [0.25, 0.3) is 0 Å². The Morgan fingerprint density at radius 3 is 2.56 bits per heavy atom. The molecule has 126 valence electrons. The fraction of sp³-hybridized carbons (Fsp3) is 0.200. The van der Waals surface area contributed by atoms with E-state index in [0.29, 0.717) is 5.92 Å². The third-order valence-electron chi connectivity index (χ3n) is 5.33. The topological polar surface area (TPSA) is 0 Å². The van der Waals surface area contributed by atoms with Crippen LogP contribution in [0.4, 0.5) is 0 Å². The van der Waals surface area contributed by atoms with Gasteiger partial charge in [0.05, 0.1) is 0 Å². The maximum Gasteiger partial charge on any atom is 2.00 e. The van der Waals surface area contributed by atoms with Gasteiger partial charge in [0, 0.05) is 10.8 Å². The van der Waals surface area contributed by atoms with Gasteiger partial charge < -0.3 is 24.8 Å². The van der Waals surface area contributed by atoms with E-state index in [9.17, 15) is 0 Å². The third kappa shape index (κ3) is 3.32. The molecule has 0 aromatic heterocycles. The zero-order chi connectivity index (χ0) is 14.7. The molecule has 5 heteroatoms. The van der Waals surface area contributed by atoms with Crippen molar-refractivity contribution in [1.82, 2.24) is 0 Å². The molecule has 0 bridgehead atoms. The molecule has 0 N–H and O–H groups in total. The monoisotopic (exact) mass is 478 g/mol. The summed E-state index contributed by atoms with van der Waals surface area (Å²) in [6.45, 7) is 2.34. The fourth-order valence-corrected chi connectivity index (χ4v) is 10.2. The van der Waals surface area contributed by atoms with Crippen LogP contribution < -0.4 is 24.8 Å². The van der Waals surface area contributed by atoms with Crippen molar-refractivity contribution in [3.63, 3.8) is 0 Å². The average Bonchev–Trinajstić information content (AvgIpc) is 3.17. The molecule has 1 aromatic carbocycles. The Kier molecular flexibility index (Phi) is 7.07. The quantitative estimate of drug-likeness (QED) is 0.491. The van der Waals surface area contributed by atoms with Gasteiger partial charge >= 0.3 is 26.2 Å². The number of allylic oxidation sites excluding steroid dienone is 10. The van der Waals surface area contributed by atoms with E-state index in [1.165, 1.54) is 11.6 Å². The van der Waals surface area contributed by atoms with Crippen molar-refractivity contribution in [2.45, 2.75) is 19.4 Å². The van der Waals surface area contributed by atoms with Crippen molar-refractivity contribution in [1.29, 1.82) is 0 Å². The van der Waals surface area contributed by atoms with Crippen LogP contribution in [-0.2, 0) is 32.2 Å². The first kappa shape index (κ1) is 21.3. The number of hydrogen-bond acceptors (Lipinski definition) is 1. The van der Waals surface area contributed by atoms with E-state index in [0.717, 1.165) is 6.42 Å². The Hall–Kier alpha value is -0.0500. The molecule has 2 aliphatic carbocycles. The summed E-state index contributed by atoms with van der Waals surface area (Å²) in [6.07, 6.45) is 10.5.